The summed E-state index contributed by atoms with van der Waals surface area (Å²) in [4.78, 5) is 13.0. The number of aliphatic carboxylic acids is 1. The molecule has 1 aromatic carbocycles. The predicted molar refractivity (Wildman–Crippen MR) is 73.1 cm³/mol. The minimum absolute atomic E-state index is 0.388. The molecular weight excluding hydrogens is 242 g/mol. The van der Waals surface area contributed by atoms with E-state index in [0.717, 1.165) is 24.1 Å². The molecule has 104 valence electrons. The lowest BCUT2D eigenvalue weighted by molar-refractivity contribution is -0.142. The number of carbonyl (C=O) groups is 1. The summed E-state index contributed by atoms with van der Waals surface area (Å²) in [6, 6.07) is 5.44. The lowest BCUT2D eigenvalue weighted by atomic mass is 10.0. The van der Waals surface area contributed by atoms with Crippen molar-refractivity contribution in [3.63, 3.8) is 0 Å². The Kier molecular flexibility index (Phi) is 4.22. The van der Waals surface area contributed by atoms with Crippen LogP contribution in [-0.2, 0) is 4.79 Å². The highest BCUT2D eigenvalue weighted by Crippen LogP contribution is 2.23. The summed E-state index contributed by atoms with van der Waals surface area (Å²) in [5.74, 6) is -0.787. The zero-order valence-corrected chi connectivity index (χ0v) is 11.5. The SMILES string of the molecule is Cc1ccc(C(O)CN2CCCC2C(=O)O)cc1C. The molecule has 2 unspecified atom stereocenters. The molecule has 1 aromatic rings. The quantitative estimate of drug-likeness (QED) is 0.871. The highest BCUT2D eigenvalue weighted by molar-refractivity contribution is 5.73. The zero-order valence-electron chi connectivity index (χ0n) is 11.5. The molecule has 0 bridgehead atoms. The first kappa shape index (κ1) is 14.0. The van der Waals surface area contributed by atoms with Gasteiger partial charge in [-0.15, -0.1) is 0 Å². The van der Waals surface area contributed by atoms with E-state index < -0.39 is 18.1 Å². The Labute approximate surface area is 113 Å². The third kappa shape index (κ3) is 3.14. The fourth-order valence-electron chi connectivity index (χ4n) is 2.62. The number of aliphatic hydroxyl groups is 1. The Hall–Kier alpha value is -1.39. The molecule has 0 saturated carbocycles. The van der Waals surface area contributed by atoms with Gasteiger partial charge in [-0.2, -0.15) is 0 Å². The van der Waals surface area contributed by atoms with Gasteiger partial charge in [-0.3, -0.25) is 9.69 Å². The highest BCUT2D eigenvalue weighted by atomic mass is 16.4. The van der Waals surface area contributed by atoms with E-state index in [1.807, 2.05) is 36.9 Å². The van der Waals surface area contributed by atoms with Crippen molar-refractivity contribution >= 4 is 5.97 Å². The van der Waals surface area contributed by atoms with Crippen molar-refractivity contribution in [2.75, 3.05) is 13.1 Å². The van der Waals surface area contributed by atoms with E-state index in [1.165, 1.54) is 5.56 Å². The number of hydrogen-bond donors (Lipinski definition) is 2. The minimum Gasteiger partial charge on any atom is -0.480 e. The fourth-order valence-corrected chi connectivity index (χ4v) is 2.62. The van der Waals surface area contributed by atoms with Gasteiger partial charge < -0.3 is 10.2 Å². The number of hydrogen-bond acceptors (Lipinski definition) is 3. The van der Waals surface area contributed by atoms with Crippen LogP contribution in [0.4, 0.5) is 0 Å². The number of carboxylic acid groups (broad SMARTS) is 1. The molecule has 0 radical (unpaired) electrons. The normalized spacial score (nSPS) is 21.5. The summed E-state index contributed by atoms with van der Waals surface area (Å²) in [7, 11) is 0. The standard InChI is InChI=1S/C15H21NO3/c1-10-5-6-12(8-11(10)2)14(17)9-16-7-3-4-13(16)15(18)19/h5-6,8,13-14,17H,3-4,7,9H2,1-2H3,(H,18,19). The van der Waals surface area contributed by atoms with Crippen LogP contribution < -0.4 is 0 Å². The number of carboxylic acids is 1. The molecule has 0 amide bonds. The molecule has 0 aromatic heterocycles. The molecule has 1 saturated heterocycles. The van der Waals surface area contributed by atoms with Gasteiger partial charge in [0.15, 0.2) is 0 Å². The van der Waals surface area contributed by atoms with Gasteiger partial charge in [0.05, 0.1) is 6.10 Å². The van der Waals surface area contributed by atoms with E-state index in [2.05, 4.69) is 0 Å². The molecule has 1 heterocycles. The number of rotatable bonds is 4. The Morgan fingerprint density at radius 2 is 2.16 bits per heavy atom. The largest absolute Gasteiger partial charge is 0.480 e. The highest BCUT2D eigenvalue weighted by Gasteiger charge is 2.31. The monoisotopic (exact) mass is 263 g/mol. The average Bonchev–Trinajstić information content (AvgIpc) is 2.80. The molecule has 19 heavy (non-hydrogen) atoms. The van der Waals surface area contributed by atoms with Crippen molar-refractivity contribution in [1.82, 2.24) is 4.90 Å². The summed E-state index contributed by atoms with van der Waals surface area (Å²) < 4.78 is 0. The van der Waals surface area contributed by atoms with Crippen molar-refractivity contribution in [3.8, 4) is 0 Å². The maximum Gasteiger partial charge on any atom is 0.320 e. The van der Waals surface area contributed by atoms with Crippen LogP contribution in [-0.4, -0.2) is 40.2 Å². The van der Waals surface area contributed by atoms with E-state index >= 15 is 0 Å². The third-order valence-corrected chi connectivity index (χ3v) is 3.97. The van der Waals surface area contributed by atoms with Gasteiger partial charge in [0.1, 0.15) is 6.04 Å². The lowest BCUT2D eigenvalue weighted by Crippen LogP contribution is -2.38. The summed E-state index contributed by atoms with van der Waals surface area (Å²) >= 11 is 0. The van der Waals surface area contributed by atoms with Crippen molar-refractivity contribution in [3.05, 3.63) is 34.9 Å². The molecule has 2 rings (SSSR count). The van der Waals surface area contributed by atoms with Crippen LogP contribution in [0.2, 0.25) is 0 Å². The molecule has 4 heteroatoms. The van der Waals surface area contributed by atoms with Gasteiger partial charge in [-0.1, -0.05) is 18.2 Å². The van der Waals surface area contributed by atoms with E-state index in [0.29, 0.717) is 13.0 Å². The molecule has 0 spiro atoms. The second-order valence-corrected chi connectivity index (χ2v) is 5.35. The Bertz CT molecular complexity index is 472. The van der Waals surface area contributed by atoms with E-state index in [4.69, 9.17) is 5.11 Å². The molecular formula is C15H21NO3. The summed E-state index contributed by atoms with van der Waals surface area (Å²) in [5, 5.41) is 19.4. The molecule has 0 aliphatic carbocycles. The summed E-state index contributed by atoms with van der Waals surface area (Å²) in [6.07, 6.45) is 0.935. The van der Waals surface area contributed by atoms with Gasteiger partial charge in [0, 0.05) is 6.54 Å². The third-order valence-electron chi connectivity index (χ3n) is 3.97. The predicted octanol–water partition coefficient (Wildman–Crippen LogP) is 1.89. The van der Waals surface area contributed by atoms with Crippen LogP contribution in [0.25, 0.3) is 0 Å². The molecule has 1 aliphatic rings. The molecule has 1 fully saturated rings. The zero-order chi connectivity index (χ0) is 14.0. The first-order valence-corrected chi connectivity index (χ1v) is 6.71. The van der Waals surface area contributed by atoms with Gasteiger partial charge >= 0.3 is 5.97 Å². The van der Waals surface area contributed by atoms with Crippen LogP contribution >= 0.6 is 0 Å². The minimum atomic E-state index is -0.787. The maximum atomic E-state index is 11.1. The number of benzene rings is 1. The second kappa shape index (κ2) is 5.72. The molecule has 2 N–H and O–H groups in total. The van der Waals surface area contributed by atoms with Crippen molar-refractivity contribution < 1.29 is 15.0 Å². The number of aryl methyl sites for hydroxylation is 2. The summed E-state index contributed by atoms with van der Waals surface area (Å²) in [5.41, 5.74) is 3.20. The van der Waals surface area contributed by atoms with Gasteiger partial charge in [-0.25, -0.2) is 0 Å². The van der Waals surface area contributed by atoms with E-state index in [1.54, 1.807) is 0 Å². The first-order chi connectivity index (χ1) is 8.99. The van der Waals surface area contributed by atoms with Gasteiger partial charge in [0.2, 0.25) is 0 Å². The molecule has 2 atom stereocenters. The number of β-amino-alcohol motifs (C(OH)–C–C–N with tert-alkyl or cyclic N) is 1. The molecule has 1 aliphatic heterocycles. The van der Waals surface area contributed by atoms with Crippen molar-refractivity contribution in [2.45, 2.75) is 38.8 Å². The fraction of sp³-hybridized carbons (Fsp3) is 0.533. The van der Waals surface area contributed by atoms with Crippen molar-refractivity contribution in [1.29, 1.82) is 0 Å². The smallest absolute Gasteiger partial charge is 0.320 e. The summed E-state index contributed by atoms with van der Waals surface area (Å²) in [6.45, 7) is 5.19. The van der Waals surface area contributed by atoms with Crippen LogP contribution in [0.1, 0.15) is 35.6 Å². The Morgan fingerprint density at radius 1 is 1.42 bits per heavy atom. The van der Waals surface area contributed by atoms with Crippen LogP contribution in [0, 0.1) is 13.8 Å². The van der Waals surface area contributed by atoms with Crippen molar-refractivity contribution in [2.24, 2.45) is 0 Å². The number of nitrogens with zero attached hydrogens (tertiary/aromatic N) is 1. The van der Waals surface area contributed by atoms with Crippen LogP contribution in [0.15, 0.2) is 18.2 Å². The maximum absolute atomic E-state index is 11.1. The van der Waals surface area contributed by atoms with Crippen LogP contribution in [0.3, 0.4) is 0 Å². The second-order valence-electron chi connectivity index (χ2n) is 5.35. The average molecular weight is 263 g/mol. The number of likely N-dealkylation sites (tertiary alicyclic amines) is 1. The van der Waals surface area contributed by atoms with Gasteiger partial charge in [-0.05, 0) is 49.9 Å². The van der Waals surface area contributed by atoms with Gasteiger partial charge in [0.25, 0.3) is 0 Å². The van der Waals surface area contributed by atoms with Crippen LogP contribution in [0.5, 0.6) is 0 Å². The van der Waals surface area contributed by atoms with E-state index in [-0.39, 0.29) is 0 Å². The van der Waals surface area contributed by atoms with E-state index in [9.17, 15) is 9.90 Å². The Balaban J connectivity index is 2.06. The lowest BCUT2D eigenvalue weighted by Gasteiger charge is -2.24. The topological polar surface area (TPSA) is 60.8 Å². The Morgan fingerprint density at radius 3 is 2.79 bits per heavy atom. The first-order valence-electron chi connectivity index (χ1n) is 6.71. The number of aliphatic hydroxyl groups excluding tert-OH is 1. The molecule has 4 nitrogen and oxygen atoms in total.